The van der Waals surface area contributed by atoms with Gasteiger partial charge in [-0.15, -0.1) is 0 Å². The molecule has 0 aliphatic carbocycles. The first-order valence-electron chi connectivity index (χ1n) is 10.5. The molecule has 9 heteroatoms. The molecule has 0 saturated carbocycles. The number of nitrogens with zero attached hydrogens (tertiary/aromatic N) is 6. The molecule has 0 radical (unpaired) electrons. The third-order valence-electron chi connectivity index (χ3n) is 5.41. The Morgan fingerprint density at radius 3 is 2.59 bits per heavy atom. The quantitative estimate of drug-likeness (QED) is 0.520. The molecule has 1 atom stereocenters. The highest BCUT2D eigenvalue weighted by molar-refractivity contribution is 7.09. The van der Waals surface area contributed by atoms with Gasteiger partial charge in [0.1, 0.15) is 11.6 Å². The van der Waals surface area contributed by atoms with Crippen LogP contribution in [0.15, 0.2) is 27.8 Å². The van der Waals surface area contributed by atoms with Gasteiger partial charge in [0.25, 0.3) is 0 Å². The van der Waals surface area contributed by atoms with Crippen LogP contribution in [-0.4, -0.2) is 78.0 Å². The molecule has 1 aliphatic rings. The molecule has 1 fully saturated rings. The Morgan fingerprint density at radius 1 is 1.28 bits per heavy atom. The van der Waals surface area contributed by atoms with Crippen molar-refractivity contribution >= 4 is 22.6 Å². The van der Waals surface area contributed by atoms with Crippen LogP contribution in [-0.2, 0) is 6.42 Å². The van der Waals surface area contributed by atoms with Crippen LogP contribution in [0.3, 0.4) is 0 Å². The number of aromatic nitrogens is 2. The fourth-order valence-electron chi connectivity index (χ4n) is 3.70. The minimum Gasteiger partial charge on any atom is -0.468 e. The molecular weight excluding hydrogens is 386 g/mol. The summed E-state index contributed by atoms with van der Waals surface area (Å²) in [5, 5.41) is 4.61. The van der Waals surface area contributed by atoms with Crippen molar-refractivity contribution in [2.24, 2.45) is 4.99 Å². The number of furan rings is 1. The summed E-state index contributed by atoms with van der Waals surface area (Å²) in [4.78, 5) is 16.2. The molecule has 3 rings (SSSR count). The summed E-state index contributed by atoms with van der Waals surface area (Å²) in [6.45, 7) is 12.9. The van der Waals surface area contributed by atoms with Crippen LogP contribution in [0.4, 0.5) is 5.13 Å². The van der Waals surface area contributed by atoms with Crippen LogP contribution < -0.4 is 10.2 Å². The van der Waals surface area contributed by atoms with Crippen molar-refractivity contribution < 1.29 is 4.42 Å². The van der Waals surface area contributed by atoms with E-state index in [9.17, 15) is 0 Å². The smallest absolute Gasteiger partial charge is 0.205 e. The number of aliphatic imine (C=N–C) groups is 1. The molecule has 1 aliphatic heterocycles. The Kier molecular flexibility index (Phi) is 7.88. The van der Waals surface area contributed by atoms with Crippen molar-refractivity contribution in [2.45, 2.75) is 33.2 Å². The van der Waals surface area contributed by atoms with E-state index in [1.165, 1.54) is 11.5 Å². The van der Waals surface area contributed by atoms with Crippen LogP contribution in [0, 0.1) is 0 Å². The number of piperazine rings is 1. The molecule has 160 valence electrons. The molecule has 2 aromatic rings. The topological polar surface area (TPSA) is 73.0 Å². The molecule has 2 aromatic heterocycles. The summed E-state index contributed by atoms with van der Waals surface area (Å²) >= 11 is 1.50. The Hall–Kier alpha value is -2.13. The third kappa shape index (κ3) is 5.27. The van der Waals surface area contributed by atoms with E-state index < -0.39 is 0 Å². The van der Waals surface area contributed by atoms with Gasteiger partial charge in [0.05, 0.1) is 12.3 Å². The maximum atomic E-state index is 5.71. The second kappa shape index (κ2) is 10.6. The summed E-state index contributed by atoms with van der Waals surface area (Å²) in [5.41, 5.74) is 0. The lowest BCUT2D eigenvalue weighted by Gasteiger charge is -2.37. The molecule has 3 heterocycles. The minimum absolute atomic E-state index is 0.187. The molecule has 1 N–H and O–H groups in total. The predicted molar refractivity (Wildman–Crippen MR) is 119 cm³/mol. The van der Waals surface area contributed by atoms with Crippen molar-refractivity contribution in [3.63, 3.8) is 0 Å². The predicted octanol–water partition coefficient (Wildman–Crippen LogP) is 2.47. The number of hydrogen-bond acceptors (Lipinski definition) is 7. The summed E-state index contributed by atoms with van der Waals surface area (Å²) in [6.07, 6.45) is 2.63. The number of guanidine groups is 1. The normalized spacial score (nSPS) is 16.5. The standard InChI is InChI=1S/C20H33N7OS/c1-5-18-23-20(29-24-18)27-12-10-26(11-13-27)19(21-4)22-15-16(25(6-2)7-3)17-9-8-14-28-17/h8-9,14,16H,5-7,10-13,15H2,1-4H3,(H,21,22). The molecule has 1 unspecified atom stereocenters. The largest absolute Gasteiger partial charge is 0.468 e. The molecule has 0 amide bonds. The average Bonchev–Trinajstić information content (AvgIpc) is 3.46. The zero-order valence-corrected chi connectivity index (χ0v) is 18.8. The van der Waals surface area contributed by atoms with Gasteiger partial charge in [-0.3, -0.25) is 9.89 Å². The number of nitrogens with one attached hydrogen (secondary N) is 1. The van der Waals surface area contributed by atoms with Gasteiger partial charge in [0.2, 0.25) is 5.13 Å². The fourth-order valence-corrected chi connectivity index (χ4v) is 4.50. The van der Waals surface area contributed by atoms with Crippen molar-refractivity contribution in [1.29, 1.82) is 0 Å². The first-order chi connectivity index (χ1) is 14.2. The van der Waals surface area contributed by atoms with Crippen LogP contribution >= 0.6 is 11.5 Å². The Labute approximate surface area is 177 Å². The Bertz CT molecular complexity index is 749. The van der Waals surface area contributed by atoms with Crippen LogP contribution in [0.25, 0.3) is 0 Å². The van der Waals surface area contributed by atoms with Crippen LogP contribution in [0.1, 0.15) is 38.4 Å². The van der Waals surface area contributed by atoms with Crippen molar-refractivity contribution in [1.82, 2.24) is 24.5 Å². The lowest BCUT2D eigenvalue weighted by Crippen LogP contribution is -2.53. The van der Waals surface area contributed by atoms with Gasteiger partial charge in [0.15, 0.2) is 5.96 Å². The number of likely N-dealkylation sites (N-methyl/N-ethyl adjacent to an activating group) is 1. The highest BCUT2D eigenvalue weighted by atomic mass is 32.1. The number of hydrogen-bond donors (Lipinski definition) is 1. The average molecular weight is 420 g/mol. The minimum atomic E-state index is 0.187. The molecule has 0 spiro atoms. The van der Waals surface area contributed by atoms with E-state index in [1.807, 2.05) is 13.1 Å². The molecule has 8 nitrogen and oxygen atoms in total. The van der Waals surface area contributed by atoms with Gasteiger partial charge in [-0.25, -0.2) is 4.98 Å². The Morgan fingerprint density at radius 2 is 2.03 bits per heavy atom. The van der Waals surface area contributed by atoms with E-state index in [0.29, 0.717) is 0 Å². The maximum Gasteiger partial charge on any atom is 0.205 e. The van der Waals surface area contributed by atoms with E-state index >= 15 is 0 Å². The monoisotopic (exact) mass is 419 g/mol. The van der Waals surface area contributed by atoms with Gasteiger partial charge in [0, 0.05) is 57.7 Å². The first-order valence-corrected chi connectivity index (χ1v) is 11.3. The van der Waals surface area contributed by atoms with Gasteiger partial charge < -0.3 is 19.5 Å². The molecule has 1 saturated heterocycles. The fraction of sp³-hybridized carbons (Fsp3) is 0.650. The zero-order valence-electron chi connectivity index (χ0n) is 18.0. The number of aryl methyl sites for hydroxylation is 1. The van der Waals surface area contributed by atoms with Crippen LogP contribution in [0.5, 0.6) is 0 Å². The van der Waals surface area contributed by atoms with Crippen molar-refractivity contribution in [3.05, 3.63) is 30.0 Å². The van der Waals surface area contributed by atoms with Gasteiger partial charge in [-0.05, 0) is 25.2 Å². The summed E-state index contributed by atoms with van der Waals surface area (Å²) < 4.78 is 10.1. The summed E-state index contributed by atoms with van der Waals surface area (Å²) in [7, 11) is 1.85. The van der Waals surface area contributed by atoms with Gasteiger partial charge >= 0.3 is 0 Å². The van der Waals surface area contributed by atoms with Gasteiger partial charge in [-0.1, -0.05) is 20.8 Å². The first kappa shape index (κ1) is 21.6. The SMILES string of the molecule is CCc1nsc(N2CCN(C(=NC)NCC(c3ccco3)N(CC)CC)CC2)n1. The third-order valence-corrected chi connectivity index (χ3v) is 6.23. The van der Waals surface area contributed by atoms with E-state index in [4.69, 9.17) is 4.42 Å². The highest BCUT2D eigenvalue weighted by Gasteiger charge is 2.25. The lowest BCUT2D eigenvalue weighted by molar-refractivity contribution is 0.192. The van der Waals surface area contributed by atoms with Gasteiger partial charge in [-0.2, -0.15) is 4.37 Å². The lowest BCUT2D eigenvalue weighted by atomic mass is 10.2. The number of rotatable bonds is 8. The van der Waals surface area contributed by atoms with E-state index in [2.05, 4.69) is 61.2 Å². The number of anilines is 1. The van der Waals surface area contributed by atoms with Crippen molar-refractivity contribution in [3.8, 4) is 0 Å². The molecule has 0 aromatic carbocycles. The molecular formula is C20H33N7OS. The van der Waals surface area contributed by atoms with Crippen LogP contribution in [0.2, 0.25) is 0 Å². The van der Waals surface area contributed by atoms with E-state index in [-0.39, 0.29) is 6.04 Å². The molecule has 29 heavy (non-hydrogen) atoms. The maximum absolute atomic E-state index is 5.71. The molecule has 0 bridgehead atoms. The Balaban J connectivity index is 1.57. The van der Waals surface area contributed by atoms with E-state index in [0.717, 1.165) is 74.9 Å². The summed E-state index contributed by atoms with van der Waals surface area (Å²) in [6, 6.07) is 4.20. The van der Waals surface area contributed by atoms with E-state index in [1.54, 1.807) is 6.26 Å². The second-order valence-electron chi connectivity index (χ2n) is 7.00. The zero-order chi connectivity index (χ0) is 20.6. The van der Waals surface area contributed by atoms with Crippen molar-refractivity contribution in [2.75, 3.05) is 57.8 Å². The second-order valence-corrected chi connectivity index (χ2v) is 7.73. The highest BCUT2D eigenvalue weighted by Crippen LogP contribution is 2.21. The summed E-state index contributed by atoms with van der Waals surface area (Å²) in [5.74, 6) is 2.87.